The maximum absolute atomic E-state index is 11.6. The van der Waals surface area contributed by atoms with Crippen LogP contribution in [0.1, 0.15) is 0 Å². The van der Waals surface area contributed by atoms with Crippen molar-refractivity contribution < 1.29 is 13.2 Å². The average molecular weight is 276 g/mol. The van der Waals surface area contributed by atoms with Gasteiger partial charge in [-0.15, -0.1) is 0 Å². The van der Waals surface area contributed by atoms with Crippen LogP contribution in [0.2, 0.25) is 0 Å². The van der Waals surface area contributed by atoms with Crippen LogP contribution in [0.5, 0.6) is 0 Å². The minimum Gasteiger partial charge on any atom is -0.324 e. The van der Waals surface area contributed by atoms with Gasteiger partial charge in [-0.25, -0.2) is 8.42 Å². The van der Waals surface area contributed by atoms with E-state index < -0.39 is 21.5 Å². The van der Waals surface area contributed by atoms with Crippen molar-refractivity contribution in [3.63, 3.8) is 0 Å². The minimum absolute atomic E-state index is 0.166. The number of halogens is 1. The van der Waals surface area contributed by atoms with E-state index in [1.807, 2.05) is 0 Å². The van der Waals surface area contributed by atoms with E-state index in [9.17, 15) is 13.2 Å². The number of rotatable bonds is 0. The Kier molecular flexibility index (Phi) is 2.11. The summed E-state index contributed by atoms with van der Waals surface area (Å²) in [6.07, 6.45) is 0. The van der Waals surface area contributed by atoms with Gasteiger partial charge in [-0.1, -0.05) is 6.07 Å². The minimum atomic E-state index is -3.48. The summed E-state index contributed by atoms with van der Waals surface area (Å²) in [6.45, 7) is 0. The predicted molar refractivity (Wildman–Crippen MR) is 54.8 cm³/mol. The standard InChI is InChI=1S/C8H6BrNO3S/c9-5-2-1-3-6-8(5)14(12,13)4-7(11)10-6/h1-3H,4H2,(H,10,11). The SMILES string of the molecule is O=C1CS(=O)(=O)c2c(Br)cccc2N1. The van der Waals surface area contributed by atoms with Crippen LogP contribution in [0.15, 0.2) is 27.6 Å². The molecule has 0 radical (unpaired) electrons. The Hall–Kier alpha value is -0.880. The molecule has 0 unspecified atom stereocenters. The molecule has 0 atom stereocenters. The van der Waals surface area contributed by atoms with E-state index in [2.05, 4.69) is 21.2 Å². The van der Waals surface area contributed by atoms with Gasteiger partial charge in [-0.2, -0.15) is 0 Å². The van der Waals surface area contributed by atoms with Gasteiger partial charge in [0, 0.05) is 4.47 Å². The highest BCUT2D eigenvalue weighted by Crippen LogP contribution is 2.32. The van der Waals surface area contributed by atoms with Crippen molar-refractivity contribution in [3.05, 3.63) is 22.7 Å². The number of carbonyl (C=O) groups is 1. The fourth-order valence-electron chi connectivity index (χ4n) is 1.35. The van der Waals surface area contributed by atoms with Crippen LogP contribution in [0, 0.1) is 0 Å². The molecule has 0 fully saturated rings. The summed E-state index contributed by atoms with van der Waals surface area (Å²) in [5.74, 6) is -0.974. The molecule has 1 aliphatic heterocycles. The zero-order valence-electron chi connectivity index (χ0n) is 6.95. The van der Waals surface area contributed by atoms with E-state index in [-0.39, 0.29) is 4.90 Å². The first kappa shape index (κ1) is 9.67. The number of anilines is 1. The molecule has 1 aliphatic rings. The second-order valence-corrected chi connectivity index (χ2v) is 5.70. The number of fused-ring (bicyclic) bond motifs is 1. The van der Waals surface area contributed by atoms with Gasteiger partial charge in [0.15, 0.2) is 9.84 Å². The van der Waals surface area contributed by atoms with E-state index in [1.54, 1.807) is 18.2 Å². The zero-order chi connectivity index (χ0) is 10.3. The lowest BCUT2D eigenvalue weighted by atomic mass is 10.3. The Morgan fingerprint density at radius 1 is 1.36 bits per heavy atom. The Morgan fingerprint density at radius 3 is 2.79 bits per heavy atom. The van der Waals surface area contributed by atoms with Crippen LogP contribution in [-0.4, -0.2) is 20.1 Å². The Bertz CT molecular complexity index is 509. The predicted octanol–water partition coefficient (Wildman–Crippen LogP) is 1.17. The van der Waals surface area contributed by atoms with E-state index >= 15 is 0 Å². The van der Waals surface area contributed by atoms with Crippen molar-refractivity contribution >= 4 is 37.4 Å². The molecule has 1 aromatic carbocycles. The zero-order valence-corrected chi connectivity index (χ0v) is 9.35. The number of amides is 1. The number of benzene rings is 1. The third-order valence-corrected chi connectivity index (χ3v) is 4.50. The lowest BCUT2D eigenvalue weighted by molar-refractivity contribution is -0.114. The van der Waals surface area contributed by atoms with Crippen LogP contribution in [0.4, 0.5) is 5.69 Å². The highest BCUT2D eigenvalue weighted by molar-refractivity contribution is 9.10. The molecule has 1 aromatic rings. The molecule has 2 rings (SSSR count). The van der Waals surface area contributed by atoms with E-state index in [4.69, 9.17) is 0 Å². The van der Waals surface area contributed by atoms with Gasteiger partial charge in [0.2, 0.25) is 5.91 Å². The van der Waals surface area contributed by atoms with Gasteiger partial charge in [0.25, 0.3) is 0 Å². The summed E-state index contributed by atoms with van der Waals surface area (Å²) < 4.78 is 23.7. The first-order valence-electron chi connectivity index (χ1n) is 3.82. The third-order valence-electron chi connectivity index (χ3n) is 1.87. The lowest BCUT2D eigenvalue weighted by Gasteiger charge is -2.17. The molecule has 1 heterocycles. The van der Waals surface area contributed by atoms with Crippen LogP contribution in [-0.2, 0) is 14.6 Å². The molecule has 4 nitrogen and oxygen atoms in total. The second-order valence-electron chi connectivity index (χ2n) is 2.92. The second kappa shape index (κ2) is 3.06. The summed E-state index contributed by atoms with van der Waals surface area (Å²) in [4.78, 5) is 11.2. The largest absolute Gasteiger partial charge is 0.324 e. The summed E-state index contributed by atoms with van der Waals surface area (Å²) >= 11 is 3.15. The fourth-order valence-corrected chi connectivity index (χ4v) is 3.84. The molecule has 0 aromatic heterocycles. The molecule has 74 valence electrons. The van der Waals surface area contributed by atoms with Gasteiger partial charge >= 0.3 is 0 Å². The van der Waals surface area contributed by atoms with Crippen molar-refractivity contribution in [2.75, 3.05) is 11.1 Å². The van der Waals surface area contributed by atoms with Crippen molar-refractivity contribution in [1.82, 2.24) is 0 Å². The summed E-state index contributed by atoms with van der Waals surface area (Å²) in [7, 11) is -3.48. The van der Waals surface area contributed by atoms with Crippen molar-refractivity contribution in [2.45, 2.75) is 4.90 Å². The summed E-state index contributed by atoms with van der Waals surface area (Å²) in [5, 5.41) is 2.51. The van der Waals surface area contributed by atoms with Crippen molar-refractivity contribution in [3.8, 4) is 0 Å². The number of nitrogens with one attached hydrogen (secondary N) is 1. The fraction of sp³-hybridized carbons (Fsp3) is 0.125. The Balaban J connectivity index is 2.77. The average Bonchev–Trinajstić information content (AvgIpc) is 2.00. The molecular weight excluding hydrogens is 270 g/mol. The molecule has 0 bridgehead atoms. The van der Waals surface area contributed by atoms with Gasteiger partial charge in [-0.3, -0.25) is 4.79 Å². The third kappa shape index (κ3) is 1.44. The summed E-state index contributed by atoms with van der Waals surface area (Å²) in [6, 6.07) is 4.87. The quantitative estimate of drug-likeness (QED) is 0.773. The van der Waals surface area contributed by atoms with Crippen LogP contribution < -0.4 is 5.32 Å². The maximum atomic E-state index is 11.6. The molecule has 1 amide bonds. The van der Waals surface area contributed by atoms with Crippen LogP contribution in [0.25, 0.3) is 0 Å². The normalized spacial score (nSPS) is 18.5. The smallest absolute Gasteiger partial charge is 0.239 e. The van der Waals surface area contributed by atoms with Crippen LogP contribution in [0.3, 0.4) is 0 Å². The molecule has 14 heavy (non-hydrogen) atoms. The molecule has 0 aliphatic carbocycles. The van der Waals surface area contributed by atoms with Gasteiger partial charge < -0.3 is 5.32 Å². The number of carbonyl (C=O) groups excluding carboxylic acids is 1. The molecule has 0 saturated heterocycles. The Labute approximate surface area is 89.4 Å². The monoisotopic (exact) mass is 275 g/mol. The number of hydrogen-bond acceptors (Lipinski definition) is 3. The molecule has 6 heteroatoms. The van der Waals surface area contributed by atoms with E-state index in [0.29, 0.717) is 10.2 Å². The Morgan fingerprint density at radius 2 is 2.07 bits per heavy atom. The van der Waals surface area contributed by atoms with Gasteiger partial charge in [0.1, 0.15) is 10.6 Å². The van der Waals surface area contributed by atoms with Crippen molar-refractivity contribution in [1.29, 1.82) is 0 Å². The topological polar surface area (TPSA) is 63.2 Å². The molecular formula is C8H6BrNO3S. The first-order chi connectivity index (χ1) is 6.50. The first-order valence-corrected chi connectivity index (χ1v) is 6.26. The van der Waals surface area contributed by atoms with Crippen molar-refractivity contribution in [2.24, 2.45) is 0 Å². The van der Waals surface area contributed by atoms with E-state index in [1.165, 1.54) is 0 Å². The van der Waals surface area contributed by atoms with Crippen LogP contribution >= 0.6 is 15.9 Å². The lowest BCUT2D eigenvalue weighted by Crippen LogP contribution is -2.29. The molecule has 0 saturated carbocycles. The number of hydrogen-bond donors (Lipinski definition) is 1. The number of sulfone groups is 1. The van der Waals surface area contributed by atoms with Gasteiger partial charge in [0.05, 0.1) is 5.69 Å². The highest BCUT2D eigenvalue weighted by atomic mass is 79.9. The maximum Gasteiger partial charge on any atom is 0.239 e. The molecule has 1 N–H and O–H groups in total. The highest BCUT2D eigenvalue weighted by Gasteiger charge is 2.30. The van der Waals surface area contributed by atoms with Gasteiger partial charge in [-0.05, 0) is 28.1 Å². The molecule has 0 spiro atoms. The van der Waals surface area contributed by atoms with E-state index in [0.717, 1.165) is 0 Å². The summed E-state index contributed by atoms with van der Waals surface area (Å²) in [5.41, 5.74) is 0.343.